The molecule has 0 aromatic carbocycles. The highest BCUT2D eigenvalue weighted by Gasteiger charge is 2.30. The molecule has 0 unspecified atom stereocenters. The van der Waals surface area contributed by atoms with Crippen LogP contribution in [0, 0.1) is 0 Å². The third-order valence-corrected chi connectivity index (χ3v) is 2.68. The normalized spacial score (nSPS) is 11.1. The zero-order valence-corrected chi connectivity index (χ0v) is 11.2. The lowest BCUT2D eigenvalue weighted by Crippen LogP contribution is -2.48. The number of nitrogens with zero attached hydrogens (tertiary/aromatic N) is 2. The summed E-state index contributed by atoms with van der Waals surface area (Å²) in [5, 5.41) is 9.13. The van der Waals surface area contributed by atoms with Crippen LogP contribution in [0.15, 0.2) is 18.5 Å². The molecule has 0 aliphatic heterocycles. The Morgan fingerprint density at radius 1 is 1.44 bits per heavy atom. The number of rotatable bonds is 3. The lowest BCUT2D eigenvalue weighted by molar-refractivity contribution is -0.138. The molecule has 18 heavy (non-hydrogen) atoms. The van der Waals surface area contributed by atoms with Gasteiger partial charge in [-0.1, -0.05) is 11.6 Å². The molecule has 1 N–H and O–H groups in total. The molecule has 0 aliphatic carbocycles. The van der Waals surface area contributed by atoms with E-state index in [0.717, 1.165) is 0 Å². The van der Waals surface area contributed by atoms with Crippen LogP contribution in [0.25, 0.3) is 0 Å². The second-order valence-corrected chi connectivity index (χ2v) is 5.22. The van der Waals surface area contributed by atoms with Gasteiger partial charge in [-0.05, 0) is 26.8 Å². The number of hydrogen-bond donors (Lipinski definition) is 1. The smallest absolute Gasteiger partial charge is 0.323 e. The standard InChI is InChI=1S/C12H15ClN2O3/c1-12(2,3)15(7-10(16)17)11(18)8-6-14-5-4-9(8)13/h4-6H,7H2,1-3H3,(H,16,17). The van der Waals surface area contributed by atoms with Gasteiger partial charge in [0.15, 0.2) is 0 Å². The molecular formula is C12H15ClN2O3. The van der Waals surface area contributed by atoms with E-state index >= 15 is 0 Å². The van der Waals surface area contributed by atoms with E-state index in [2.05, 4.69) is 4.98 Å². The molecule has 6 heteroatoms. The molecule has 1 aromatic heterocycles. The summed E-state index contributed by atoms with van der Waals surface area (Å²) < 4.78 is 0. The molecule has 1 amide bonds. The van der Waals surface area contributed by atoms with Gasteiger partial charge in [0.2, 0.25) is 0 Å². The first-order valence-corrected chi connectivity index (χ1v) is 5.74. The van der Waals surface area contributed by atoms with E-state index in [0.29, 0.717) is 0 Å². The number of aliphatic carboxylic acids is 1. The quantitative estimate of drug-likeness (QED) is 0.913. The molecule has 98 valence electrons. The summed E-state index contributed by atoms with van der Waals surface area (Å²) in [6.07, 6.45) is 2.81. The number of hydrogen-bond acceptors (Lipinski definition) is 3. The van der Waals surface area contributed by atoms with Crippen molar-refractivity contribution in [3.63, 3.8) is 0 Å². The Balaban J connectivity index is 3.11. The van der Waals surface area contributed by atoms with Gasteiger partial charge in [-0.2, -0.15) is 0 Å². The van der Waals surface area contributed by atoms with Gasteiger partial charge in [0, 0.05) is 17.9 Å². The maximum atomic E-state index is 12.3. The highest BCUT2D eigenvalue weighted by Crippen LogP contribution is 2.21. The lowest BCUT2D eigenvalue weighted by atomic mass is 10.0. The summed E-state index contributed by atoms with van der Waals surface area (Å²) in [4.78, 5) is 28.2. The minimum atomic E-state index is -1.07. The number of aromatic nitrogens is 1. The van der Waals surface area contributed by atoms with Crippen LogP contribution in [-0.4, -0.2) is 39.0 Å². The monoisotopic (exact) mass is 270 g/mol. The minimum absolute atomic E-state index is 0.204. The molecule has 1 heterocycles. The Labute approximate surface area is 110 Å². The summed E-state index contributed by atoms with van der Waals surface area (Å²) in [6.45, 7) is 4.90. The van der Waals surface area contributed by atoms with Crippen LogP contribution >= 0.6 is 11.6 Å². The summed E-state index contributed by atoms with van der Waals surface area (Å²) >= 11 is 5.91. The molecular weight excluding hydrogens is 256 g/mol. The van der Waals surface area contributed by atoms with Crippen LogP contribution in [-0.2, 0) is 4.79 Å². The van der Waals surface area contributed by atoms with E-state index in [1.54, 1.807) is 20.8 Å². The number of carbonyl (C=O) groups is 2. The van der Waals surface area contributed by atoms with Crippen molar-refractivity contribution < 1.29 is 14.7 Å². The number of carboxylic acid groups (broad SMARTS) is 1. The van der Waals surface area contributed by atoms with Crippen LogP contribution in [0.4, 0.5) is 0 Å². The maximum Gasteiger partial charge on any atom is 0.323 e. The molecule has 1 aromatic rings. The first-order valence-electron chi connectivity index (χ1n) is 5.36. The average molecular weight is 271 g/mol. The molecule has 0 aliphatic rings. The van der Waals surface area contributed by atoms with Crippen LogP contribution in [0.2, 0.25) is 5.02 Å². The van der Waals surface area contributed by atoms with Gasteiger partial charge in [0.25, 0.3) is 5.91 Å². The van der Waals surface area contributed by atoms with Crippen LogP contribution in [0.5, 0.6) is 0 Å². The van der Waals surface area contributed by atoms with Crippen molar-refractivity contribution in [3.05, 3.63) is 29.0 Å². The fourth-order valence-corrected chi connectivity index (χ4v) is 1.62. The van der Waals surface area contributed by atoms with Gasteiger partial charge >= 0.3 is 5.97 Å². The molecule has 0 radical (unpaired) electrons. The Morgan fingerprint density at radius 3 is 2.50 bits per heavy atom. The van der Waals surface area contributed by atoms with Gasteiger partial charge in [-0.15, -0.1) is 0 Å². The molecule has 0 saturated heterocycles. The van der Waals surface area contributed by atoms with Crippen molar-refractivity contribution in [1.29, 1.82) is 0 Å². The van der Waals surface area contributed by atoms with E-state index in [1.807, 2.05) is 0 Å². The molecule has 0 atom stereocenters. The fourth-order valence-electron chi connectivity index (χ4n) is 1.43. The average Bonchev–Trinajstić information content (AvgIpc) is 2.24. The van der Waals surface area contributed by atoms with Crippen LogP contribution in [0.1, 0.15) is 31.1 Å². The van der Waals surface area contributed by atoms with E-state index in [1.165, 1.54) is 23.4 Å². The first kappa shape index (κ1) is 14.4. The zero-order valence-electron chi connectivity index (χ0n) is 10.5. The molecule has 0 bridgehead atoms. The maximum absolute atomic E-state index is 12.3. The van der Waals surface area contributed by atoms with Gasteiger partial charge in [-0.3, -0.25) is 14.6 Å². The van der Waals surface area contributed by atoms with Gasteiger partial charge in [-0.25, -0.2) is 0 Å². The van der Waals surface area contributed by atoms with E-state index < -0.39 is 17.4 Å². The highest BCUT2D eigenvalue weighted by molar-refractivity contribution is 6.33. The lowest BCUT2D eigenvalue weighted by Gasteiger charge is -2.34. The third kappa shape index (κ3) is 3.43. The summed E-state index contributed by atoms with van der Waals surface area (Å²) in [5.41, 5.74) is -0.412. The number of halogens is 1. The minimum Gasteiger partial charge on any atom is -0.480 e. The second kappa shape index (κ2) is 5.35. The predicted molar refractivity (Wildman–Crippen MR) is 67.7 cm³/mol. The second-order valence-electron chi connectivity index (χ2n) is 4.81. The molecule has 0 fully saturated rings. The number of carbonyl (C=O) groups excluding carboxylic acids is 1. The van der Waals surface area contributed by atoms with Crippen molar-refractivity contribution >= 4 is 23.5 Å². The molecule has 5 nitrogen and oxygen atoms in total. The van der Waals surface area contributed by atoms with Crippen molar-refractivity contribution in [3.8, 4) is 0 Å². The van der Waals surface area contributed by atoms with E-state index in [4.69, 9.17) is 16.7 Å². The van der Waals surface area contributed by atoms with E-state index in [9.17, 15) is 9.59 Å². The molecule has 1 rings (SSSR count). The predicted octanol–water partition coefficient (Wildman–Crippen LogP) is 2.06. The summed E-state index contributed by atoms with van der Waals surface area (Å²) in [6, 6.07) is 1.50. The zero-order chi connectivity index (χ0) is 13.9. The van der Waals surface area contributed by atoms with Gasteiger partial charge in [0.05, 0.1) is 10.6 Å². The SMILES string of the molecule is CC(C)(C)N(CC(=O)O)C(=O)c1cnccc1Cl. The highest BCUT2D eigenvalue weighted by atomic mass is 35.5. The first-order chi connectivity index (χ1) is 8.23. The molecule has 0 saturated carbocycles. The number of amides is 1. The van der Waals surface area contributed by atoms with Crippen LogP contribution < -0.4 is 0 Å². The number of carboxylic acids is 1. The van der Waals surface area contributed by atoms with Crippen molar-refractivity contribution in [2.75, 3.05) is 6.54 Å². The van der Waals surface area contributed by atoms with Crippen molar-refractivity contribution in [1.82, 2.24) is 9.88 Å². The Hall–Kier alpha value is -1.62. The number of pyridine rings is 1. The molecule has 0 spiro atoms. The van der Waals surface area contributed by atoms with Gasteiger partial charge in [0.1, 0.15) is 6.54 Å². The van der Waals surface area contributed by atoms with Crippen molar-refractivity contribution in [2.45, 2.75) is 26.3 Å². The Bertz CT molecular complexity index is 469. The topological polar surface area (TPSA) is 70.5 Å². The summed E-state index contributed by atoms with van der Waals surface area (Å²) in [7, 11) is 0. The Morgan fingerprint density at radius 2 is 2.06 bits per heavy atom. The Kier molecular flexibility index (Phi) is 4.29. The fraction of sp³-hybridized carbons (Fsp3) is 0.417. The van der Waals surface area contributed by atoms with Crippen molar-refractivity contribution in [2.24, 2.45) is 0 Å². The van der Waals surface area contributed by atoms with E-state index in [-0.39, 0.29) is 17.1 Å². The van der Waals surface area contributed by atoms with Crippen LogP contribution in [0.3, 0.4) is 0 Å². The largest absolute Gasteiger partial charge is 0.480 e. The van der Waals surface area contributed by atoms with Gasteiger partial charge < -0.3 is 10.0 Å². The summed E-state index contributed by atoms with van der Waals surface area (Å²) in [5.74, 6) is -1.51. The third-order valence-electron chi connectivity index (χ3n) is 2.35.